The number of anilines is 1. The number of carbonyl (C=O) groups excluding carboxylic acids is 1. The van der Waals surface area contributed by atoms with Crippen molar-refractivity contribution in [2.75, 3.05) is 11.1 Å². The Morgan fingerprint density at radius 2 is 2.46 bits per heavy atom. The molecule has 7 nitrogen and oxygen atoms in total. The van der Waals surface area contributed by atoms with Crippen molar-refractivity contribution in [2.45, 2.75) is 12.2 Å². The van der Waals surface area contributed by atoms with Crippen LogP contribution in [0.25, 0.3) is 5.69 Å². The molecule has 0 spiro atoms. The molecule has 24 heavy (non-hydrogen) atoms. The van der Waals surface area contributed by atoms with Crippen LogP contribution in [-0.2, 0) is 4.79 Å². The van der Waals surface area contributed by atoms with Gasteiger partial charge in [0.05, 0.1) is 29.0 Å². The van der Waals surface area contributed by atoms with Crippen molar-refractivity contribution < 1.29 is 10.0 Å². The van der Waals surface area contributed by atoms with E-state index in [1.54, 1.807) is 43.7 Å². The molecule has 2 heterocycles. The monoisotopic (exact) mass is 365 g/mol. The number of nitrogens with one attached hydrogen (secondary N) is 1. The predicted molar refractivity (Wildman–Crippen MR) is 96.3 cm³/mol. The van der Waals surface area contributed by atoms with Gasteiger partial charge >= 0.3 is 0 Å². The van der Waals surface area contributed by atoms with Gasteiger partial charge < -0.3 is 10.5 Å². The Morgan fingerprint density at radius 3 is 3.08 bits per heavy atom. The van der Waals surface area contributed by atoms with Crippen molar-refractivity contribution in [1.29, 1.82) is 0 Å². The van der Waals surface area contributed by atoms with Crippen LogP contribution in [0, 0.1) is 0 Å². The lowest BCUT2D eigenvalue weighted by molar-refractivity contribution is -0.110. The van der Waals surface area contributed by atoms with Crippen LogP contribution in [0.3, 0.4) is 0 Å². The molecule has 1 unspecified atom stereocenters. The number of nitrogens with zero attached hydrogens (tertiary/aromatic N) is 4. The third-order valence-corrected chi connectivity index (χ3v) is 4.45. The van der Waals surface area contributed by atoms with Gasteiger partial charge in [0, 0.05) is 11.9 Å². The van der Waals surface area contributed by atoms with Crippen molar-refractivity contribution >= 4 is 40.7 Å². The van der Waals surface area contributed by atoms with Crippen LogP contribution in [0.1, 0.15) is 6.92 Å². The maximum Gasteiger partial charge on any atom is 0.274 e. The van der Waals surface area contributed by atoms with Crippen molar-refractivity contribution in [2.24, 2.45) is 5.16 Å². The second-order valence-corrected chi connectivity index (χ2v) is 6.42. The van der Waals surface area contributed by atoms with E-state index in [-0.39, 0.29) is 16.1 Å². The van der Waals surface area contributed by atoms with Gasteiger partial charge in [0.1, 0.15) is 0 Å². The molecule has 2 aromatic rings. The molecule has 0 bridgehead atoms. The van der Waals surface area contributed by atoms with Crippen LogP contribution in [0.4, 0.5) is 5.69 Å². The lowest BCUT2D eigenvalue weighted by Gasteiger charge is -2.11. The standard InChI is InChI=1S/C15H16ClN5O2S/c1-3-7-24-10(2)13(20-23)15(22)18-12-9-21(19-14(12)16)11-5-4-6-17-8-11/h3-6,8-10,23H,1,7H2,2H3,(H,18,22). The maximum atomic E-state index is 12.3. The summed E-state index contributed by atoms with van der Waals surface area (Å²) in [7, 11) is 0. The van der Waals surface area contributed by atoms with E-state index < -0.39 is 5.91 Å². The average Bonchev–Trinajstić information content (AvgIpc) is 2.95. The van der Waals surface area contributed by atoms with Gasteiger partial charge in [-0.25, -0.2) is 4.68 Å². The second kappa shape index (κ2) is 8.51. The van der Waals surface area contributed by atoms with E-state index in [1.165, 1.54) is 16.4 Å². The smallest absolute Gasteiger partial charge is 0.274 e. The summed E-state index contributed by atoms with van der Waals surface area (Å²) < 4.78 is 1.50. The summed E-state index contributed by atoms with van der Waals surface area (Å²) in [6.45, 7) is 5.38. The fourth-order valence-electron chi connectivity index (χ4n) is 1.85. The first-order chi connectivity index (χ1) is 11.6. The fraction of sp³-hybridized carbons (Fsp3) is 0.200. The highest BCUT2D eigenvalue weighted by atomic mass is 35.5. The van der Waals surface area contributed by atoms with Gasteiger partial charge in [-0.1, -0.05) is 22.8 Å². The van der Waals surface area contributed by atoms with E-state index in [2.05, 4.69) is 27.1 Å². The first-order valence-electron chi connectivity index (χ1n) is 6.98. The molecule has 0 aromatic carbocycles. The van der Waals surface area contributed by atoms with Gasteiger partial charge in [-0.15, -0.1) is 18.3 Å². The van der Waals surface area contributed by atoms with Gasteiger partial charge in [-0.2, -0.15) is 5.10 Å². The number of pyridine rings is 1. The zero-order valence-corrected chi connectivity index (χ0v) is 14.5. The Hall–Kier alpha value is -2.32. The molecule has 0 fully saturated rings. The van der Waals surface area contributed by atoms with E-state index >= 15 is 0 Å². The van der Waals surface area contributed by atoms with Gasteiger partial charge in [-0.3, -0.25) is 9.78 Å². The molecule has 0 aliphatic rings. The van der Waals surface area contributed by atoms with Gasteiger partial charge in [0.25, 0.3) is 5.91 Å². The van der Waals surface area contributed by atoms with Gasteiger partial charge in [-0.05, 0) is 19.1 Å². The van der Waals surface area contributed by atoms with Gasteiger partial charge in [0.2, 0.25) is 0 Å². The summed E-state index contributed by atoms with van der Waals surface area (Å²) in [5.74, 6) is 0.0851. The van der Waals surface area contributed by atoms with Crippen LogP contribution in [0.2, 0.25) is 5.15 Å². The van der Waals surface area contributed by atoms with Crippen molar-refractivity contribution in [3.8, 4) is 5.69 Å². The zero-order chi connectivity index (χ0) is 17.5. The highest BCUT2D eigenvalue weighted by Crippen LogP contribution is 2.22. The van der Waals surface area contributed by atoms with Crippen LogP contribution in [0.15, 0.2) is 48.5 Å². The van der Waals surface area contributed by atoms with E-state index in [1.807, 2.05) is 0 Å². The molecule has 9 heteroatoms. The molecule has 0 saturated carbocycles. The quantitative estimate of drug-likeness (QED) is 0.340. The first kappa shape index (κ1) is 18.0. The number of carbonyl (C=O) groups is 1. The van der Waals surface area contributed by atoms with Gasteiger partial charge in [0.15, 0.2) is 10.9 Å². The number of hydrogen-bond acceptors (Lipinski definition) is 6. The Labute approximate surface area is 148 Å². The lowest BCUT2D eigenvalue weighted by atomic mass is 10.2. The number of amides is 1. The van der Waals surface area contributed by atoms with Crippen LogP contribution in [-0.4, -0.2) is 42.6 Å². The molecule has 2 aromatic heterocycles. The van der Waals surface area contributed by atoms with Crippen molar-refractivity contribution in [3.63, 3.8) is 0 Å². The Kier molecular flexibility index (Phi) is 6.39. The van der Waals surface area contributed by atoms with E-state index in [9.17, 15) is 4.79 Å². The molecular weight excluding hydrogens is 350 g/mol. The first-order valence-corrected chi connectivity index (χ1v) is 8.40. The normalized spacial score (nSPS) is 12.7. The van der Waals surface area contributed by atoms with E-state index in [4.69, 9.17) is 16.8 Å². The molecule has 1 atom stereocenters. The van der Waals surface area contributed by atoms with Crippen molar-refractivity contribution in [3.05, 3.63) is 48.5 Å². The number of rotatable bonds is 7. The highest BCUT2D eigenvalue weighted by Gasteiger charge is 2.22. The molecule has 2 N–H and O–H groups in total. The summed E-state index contributed by atoms with van der Waals surface area (Å²) in [5.41, 5.74) is 1.01. The summed E-state index contributed by atoms with van der Waals surface area (Å²) in [4.78, 5) is 16.3. The SMILES string of the molecule is C=CCSC(C)C(=NO)C(=O)Nc1cn(-c2cccnc2)nc1Cl. The van der Waals surface area contributed by atoms with Crippen LogP contribution < -0.4 is 5.32 Å². The lowest BCUT2D eigenvalue weighted by Crippen LogP contribution is -2.30. The Morgan fingerprint density at radius 1 is 1.67 bits per heavy atom. The number of oxime groups is 1. The molecular formula is C15H16ClN5O2S. The maximum absolute atomic E-state index is 12.3. The minimum atomic E-state index is -0.547. The van der Waals surface area contributed by atoms with Crippen molar-refractivity contribution in [1.82, 2.24) is 14.8 Å². The summed E-state index contributed by atoms with van der Waals surface area (Å²) in [5, 5.41) is 18.8. The summed E-state index contributed by atoms with van der Waals surface area (Å²) in [6, 6.07) is 3.56. The molecule has 0 radical (unpaired) electrons. The summed E-state index contributed by atoms with van der Waals surface area (Å²) in [6.07, 6.45) is 6.53. The molecule has 0 aliphatic heterocycles. The minimum absolute atomic E-state index is 0.00737. The molecule has 0 aliphatic carbocycles. The third kappa shape index (κ3) is 4.36. The van der Waals surface area contributed by atoms with Crippen LogP contribution in [0.5, 0.6) is 0 Å². The third-order valence-electron chi connectivity index (χ3n) is 3.02. The second-order valence-electron chi connectivity index (χ2n) is 4.69. The average molecular weight is 366 g/mol. The Bertz CT molecular complexity index is 748. The number of thioether (sulfide) groups is 1. The molecule has 2 rings (SSSR count). The minimum Gasteiger partial charge on any atom is -0.410 e. The number of halogens is 1. The largest absolute Gasteiger partial charge is 0.410 e. The Balaban J connectivity index is 2.14. The summed E-state index contributed by atoms with van der Waals surface area (Å²) >= 11 is 7.48. The predicted octanol–water partition coefficient (Wildman–Crippen LogP) is 3.00. The fourth-order valence-corrected chi connectivity index (χ4v) is 2.76. The molecule has 0 saturated heterocycles. The molecule has 1 amide bonds. The van der Waals surface area contributed by atoms with E-state index in [0.29, 0.717) is 17.1 Å². The van der Waals surface area contributed by atoms with E-state index in [0.717, 1.165) is 0 Å². The topological polar surface area (TPSA) is 92.4 Å². The van der Waals surface area contributed by atoms with Crippen LogP contribution >= 0.6 is 23.4 Å². The number of aromatic nitrogens is 3. The molecule has 126 valence electrons. The number of hydrogen-bond donors (Lipinski definition) is 2. The highest BCUT2D eigenvalue weighted by molar-refractivity contribution is 8.00. The zero-order valence-electron chi connectivity index (χ0n) is 12.9.